The van der Waals surface area contributed by atoms with Gasteiger partial charge in [-0.15, -0.1) is 0 Å². The lowest BCUT2D eigenvalue weighted by molar-refractivity contribution is 0.311. The van der Waals surface area contributed by atoms with Crippen LogP contribution in [0.2, 0.25) is 0 Å². The van der Waals surface area contributed by atoms with Crippen LogP contribution < -0.4 is 10.5 Å². The highest BCUT2D eigenvalue weighted by atomic mass is 16.5. The lowest BCUT2D eigenvalue weighted by Gasteiger charge is -2.17. The number of methoxy groups -OCH3 is 1. The summed E-state index contributed by atoms with van der Waals surface area (Å²) in [7, 11) is 1.70. The standard InChI is InChI=1S/C13H20N2O/c1-10-5-6-15(8-10)9-11-3-4-12(14)7-13(11)16-2/h3-4,7,10H,5-6,8-9,14H2,1-2H3. The lowest BCUT2D eigenvalue weighted by Crippen LogP contribution is -2.20. The number of benzene rings is 1. The van der Waals surface area contributed by atoms with Gasteiger partial charge in [0.2, 0.25) is 0 Å². The Balaban J connectivity index is 2.08. The van der Waals surface area contributed by atoms with Crippen molar-refractivity contribution in [2.75, 3.05) is 25.9 Å². The van der Waals surface area contributed by atoms with E-state index in [2.05, 4.69) is 17.9 Å². The van der Waals surface area contributed by atoms with E-state index in [0.29, 0.717) is 0 Å². The molecule has 0 aromatic heterocycles. The number of hydrogen-bond donors (Lipinski definition) is 1. The second-order valence-electron chi connectivity index (χ2n) is 4.70. The third kappa shape index (κ3) is 2.47. The van der Waals surface area contributed by atoms with E-state index in [1.165, 1.54) is 25.1 Å². The van der Waals surface area contributed by atoms with Crippen molar-refractivity contribution < 1.29 is 4.74 Å². The Hall–Kier alpha value is -1.22. The normalized spacial score (nSPS) is 21.2. The Labute approximate surface area is 97.2 Å². The molecule has 3 heteroatoms. The second-order valence-corrected chi connectivity index (χ2v) is 4.70. The molecule has 2 rings (SSSR count). The summed E-state index contributed by atoms with van der Waals surface area (Å²) in [6, 6.07) is 5.91. The highest BCUT2D eigenvalue weighted by Crippen LogP contribution is 2.25. The molecule has 1 unspecified atom stereocenters. The van der Waals surface area contributed by atoms with Crippen LogP contribution in [0.4, 0.5) is 5.69 Å². The summed E-state index contributed by atoms with van der Waals surface area (Å²) in [5.74, 6) is 1.72. The Morgan fingerprint density at radius 1 is 1.50 bits per heavy atom. The molecular weight excluding hydrogens is 200 g/mol. The summed E-state index contributed by atoms with van der Waals surface area (Å²) in [4.78, 5) is 2.47. The van der Waals surface area contributed by atoms with Gasteiger partial charge >= 0.3 is 0 Å². The molecule has 0 radical (unpaired) electrons. The summed E-state index contributed by atoms with van der Waals surface area (Å²) in [6.45, 7) is 5.65. The number of hydrogen-bond acceptors (Lipinski definition) is 3. The Morgan fingerprint density at radius 2 is 2.31 bits per heavy atom. The van der Waals surface area contributed by atoms with E-state index in [0.717, 1.165) is 23.9 Å². The van der Waals surface area contributed by atoms with Crippen molar-refractivity contribution in [1.29, 1.82) is 0 Å². The van der Waals surface area contributed by atoms with Gasteiger partial charge in [-0.1, -0.05) is 13.0 Å². The number of nitrogens with zero attached hydrogens (tertiary/aromatic N) is 1. The first-order valence-corrected chi connectivity index (χ1v) is 5.84. The molecule has 2 N–H and O–H groups in total. The number of nitrogen functional groups attached to an aromatic ring is 1. The van der Waals surface area contributed by atoms with Crippen LogP contribution in [-0.2, 0) is 6.54 Å². The molecular formula is C13H20N2O. The zero-order chi connectivity index (χ0) is 11.5. The van der Waals surface area contributed by atoms with Crippen molar-refractivity contribution >= 4 is 5.69 Å². The molecule has 16 heavy (non-hydrogen) atoms. The fourth-order valence-electron chi connectivity index (χ4n) is 2.30. The molecule has 1 saturated heterocycles. The molecule has 3 nitrogen and oxygen atoms in total. The number of likely N-dealkylation sites (tertiary alicyclic amines) is 1. The van der Waals surface area contributed by atoms with Gasteiger partial charge in [-0.05, 0) is 24.9 Å². The van der Waals surface area contributed by atoms with Crippen molar-refractivity contribution in [3.05, 3.63) is 23.8 Å². The monoisotopic (exact) mass is 220 g/mol. The molecule has 0 bridgehead atoms. The summed E-state index contributed by atoms with van der Waals surface area (Å²) in [5.41, 5.74) is 7.73. The maximum absolute atomic E-state index is 5.74. The van der Waals surface area contributed by atoms with Crippen LogP contribution in [0.5, 0.6) is 5.75 Å². The van der Waals surface area contributed by atoms with Crippen molar-refractivity contribution in [3.8, 4) is 5.75 Å². The zero-order valence-electron chi connectivity index (χ0n) is 10.1. The maximum Gasteiger partial charge on any atom is 0.125 e. The van der Waals surface area contributed by atoms with Crippen LogP contribution in [0.3, 0.4) is 0 Å². The topological polar surface area (TPSA) is 38.5 Å². The van der Waals surface area contributed by atoms with Gasteiger partial charge in [0.15, 0.2) is 0 Å². The van der Waals surface area contributed by atoms with Gasteiger partial charge in [-0.3, -0.25) is 4.90 Å². The molecule has 1 aromatic carbocycles. The first-order valence-electron chi connectivity index (χ1n) is 5.84. The Kier molecular flexibility index (Phi) is 3.34. The van der Waals surface area contributed by atoms with Gasteiger partial charge in [-0.2, -0.15) is 0 Å². The number of rotatable bonds is 3. The van der Waals surface area contributed by atoms with E-state index < -0.39 is 0 Å². The zero-order valence-corrected chi connectivity index (χ0v) is 10.1. The largest absolute Gasteiger partial charge is 0.496 e. The highest BCUT2D eigenvalue weighted by molar-refractivity contribution is 5.48. The van der Waals surface area contributed by atoms with Gasteiger partial charge in [0.05, 0.1) is 7.11 Å². The minimum Gasteiger partial charge on any atom is -0.496 e. The third-order valence-corrected chi connectivity index (χ3v) is 3.21. The molecule has 1 aliphatic heterocycles. The van der Waals surface area contributed by atoms with Crippen LogP contribution >= 0.6 is 0 Å². The van der Waals surface area contributed by atoms with Crippen molar-refractivity contribution in [2.24, 2.45) is 5.92 Å². The van der Waals surface area contributed by atoms with Crippen LogP contribution in [0, 0.1) is 5.92 Å². The van der Waals surface area contributed by atoms with E-state index in [9.17, 15) is 0 Å². The predicted octanol–water partition coefficient (Wildman–Crippen LogP) is 2.12. The quantitative estimate of drug-likeness (QED) is 0.793. The van der Waals surface area contributed by atoms with Crippen molar-refractivity contribution in [3.63, 3.8) is 0 Å². The Morgan fingerprint density at radius 3 is 2.94 bits per heavy atom. The third-order valence-electron chi connectivity index (χ3n) is 3.21. The molecule has 1 heterocycles. The first-order chi connectivity index (χ1) is 7.69. The van der Waals surface area contributed by atoms with E-state index in [1.54, 1.807) is 7.11 Å². The number of anilines is 1. The molecule has 1 aliphatic rings. The fraction of sp³-hybridized carbons (Fsp3) is 0.538. The van der Waals surface area contributed by atoms with Crippen LogP contribution in [0.15, 0.2) is 18.2 Å². The summed E-state index contributed by atoms with van der Waals surface area (Å²) in [5, 5.41) is 0. The molecule has 88 valence electrons. The number of ether oxygens (including phenoxy) is 1. The minimum atomic E-state index is 0.760. The SMILES string of the molecule is COc1cc(N)ccc1CN1CCC(C)C1. The number of nitrogens with two attached hydrogens (primary N) is 1. The van der Waals surface area contributed by atoms with E-state index in [4.69, 9.17) is 10.5 Å². The van der Waals surface area contributed by atoms with Crippen molar-refractivity contribution in [1.82, 2.24) is 4.90 Å². The summed E-state index contributed by atoms with van der Waals surface area (Å²) >= 11 is 0. The molecule has 1 atom stereocenters. The molecule has 1 fully saturated rings. The van der Waals surface area contributed by atoms with Crippen molar-refractivity contribution in [2.45, 2.75) is 19.9 Å². The first kappa shape index (κ1) is 11.3. The summed E-state index contributed by atoms with van der Waals surface area (Å²) in [6.07, 6.45) is 1.30. The van der Waals surface area contributed by atoms with E-state index in [-0.39, 0.29) is 0 Å². The van der Waals surface area contributed by atoms with Crippen LogP contribution in [0.25, 0.3) is 0 Å². The van der Waals surface area contributed by atoms with Gasteiger partial charge in [0.25, 0.3) is 0 Å². The second kappa shape index (κ2) is 4.74. The molecule has 0 amide bonds. The Bertz CT molecular complexity index is 365. The van der Waals surface area contributed by atoms with E-state index >= 15 is 0 Å². The van der Waals surface area contributed by atoms with Gasteiger partial charge in [0.1, 0.15) is 5.75 Å². The predicted molar refractivity (Wildman–Crippen MR) is 66.5 cm³/mol. The molecule has 0 saturated carbocycles. The van der Waals surface area contributed by atoms with Crippen LogP contribution in [-0.4, -0.2) is 25.1 Å². The highest BCUT2D eigenvalue weighted by Gasteiger charge is 2.19. The average molecular weight is 220 g/mol. The fourth-order valence-corrected chi connectivity index (χ4v) is 2.30. The lowest BCUT2D eigenvalue weighted by atomic mass is 10.1. The van der Waals surface area contributed by atoms with Gasteiger partial charge in [0, 0.05) is 30.4 Å². The summed E-state index contributed by atoms with van der Waals surface area (Å²) < 4.78 is 5.36. The minimum absolute atomic E-state index is 0.760. The maximum atomic E-state index is 5.74. The van der Waals surface area contributed by atoms with Gasteiger partial charge in [-0.25, -0.2) is 0 Å². The smallest absolute Gasteiger partial charge is 0.125 e. The average Bonchev–Trinajstić information content (AvgIpc) is 2.67. The van der Waals surface area contributed by atoms with Crippen LogP contribution in [0.1, 0.15) is 18.9 Å². The molecule has 0 aliphatic carbocycles. The van der Waals surface area contributed by atoms with E-state index in [1.807, 2.05) is 12.1 Å². The molecule has 1 aromatic rings. The molecule has 0 spiro atoms. The van der Waals surface area contributed by atoms with Gasteiger partial charge < -0.3 is 10.5 Å².